The number of rotatable bonds is 4. The standard InChI is InChI=1S/C14H11BrF2N2O2/c1-2-9-3-7(14(20)21)4-12(18-9)19-13-10(16)5-8(15)6-11(13)17/h3-6H,2H2,1H3,(H,18,19)(H,20,21). The second-order valence-corrected chi connectivity index (χ2v) is 5.18. The second kappa shape index (κ2) is 6.17. The Morgan fingerprint density at radius 3 is 2.43 bits per heavy atom. The number of aromatic nitrogens is 1. The molecule has 1 aromatic carbocycles. The Hall–Kier alpha value is -2.02. The van der Waals surface area contributed by atoms with Crippen LogP contribution in [-0.4, -0.2) is 16.1 Å². The topological polar surface area (TPSA) is 62.2 Å². The fourth-order valence-electron chi connectivity index (χ4n) is 1.75. The van der Waals surface area contributed by atoms with Crippen LogP contribution < -0.4 is 5.32 Å². The number of carbonyl (C=O) groups is 1. The highest BCUT2D eigenvalue weighted by Crippen LogP contribution is 2.26. The number of hydrogen-bond acceptors (Lipinski definition) is 3. The van der Waals surface area contributed by atoms with Crippen LogP contribution in [0.2, 0.25) is 0 Å². The summed E-state index contributed by atoms with van der Waals surface area (Å²) in [7, 11) is 0. The van der Waals surface area contributed by atoms with Crippen LogP contribution in [0.4, 0.5) is 20.3 Å². The molecule has 2 rings (SSSR count). The lowest BCUT2D eigenvalue weighted by atomic mass is 10.2. The molecule has 110 valence electrons. The van der Waals surface area contributed by atoms with Crippen molar-refractivity contribution in [2.75, 3.05) is 5.32 Å². The van der Waals surface area contributed by atoms with Crippen molar-refractivity contribution in [1.29, 1.82) is 0 Å². The van der Waals surface area contributed by atoms with Crippen LogP contribution in [0, 0.1) is 11.6 Å². The number of aryl methyl sites for hydroxylation is 1. The molecule has 0 unspecified atom stereocenters. The number of hydrogen-bond donors (Lipinski definition) is 2. The number of anilines is 2. The van der Waals surface area contributed by atoms with Crippen molar-refractivity contribution in [2.24, 2.45) is 0 Å². The molecule has 0 spiro atoms. The predicted molar refractivity (Wildman–Crippen MR) is 77.9 cm³/mol. The molecule has 2 N–H and O–H groups in total. The molecule has 0 saturated heterocycles. The molecule has 0 radical (unpaired) electrons. The first-order valence-corrected chi connectivity index (χ1v) is 6.85. The second-order valence-electron chi connectivity index (χ2n) is 4.26. The van der Waals surface area contributed by atoms with Gasteiger partial charge in [-0.25, -0.2) is 18.6 Å². The zero-order valence-electron chi connectivity index (χ0n) is 11.0. The lowest BCUT2D eigenvalue weighted by Crippen LogP contribution is -2.05. The summed E-state index contributed by atoms with van der Waals surface area (Å²) in [5, 5.41) is 11.5. The van der Waals surface area contributed by atoms with E-state index in [-0.39, 0.29) is 21.5 Å². The lowest BCUT2D eigenvalue weighted by Gasteiger charge is -2.10. The maximum Gasteiger partial charge on any atom is 0.335 e. The van der Waals surface area contributed by atoms with Gasteiger partial charge in [-0.05, 0) is 30.7 Å². The van der Waals surface area contributed by atoms with Crippen LogP contribution in [-0.2, 0) is 6.42 Å². The van der Waals surface area contributed by atoms with E-state index in [0.29, 0.717) is 12.1 Å². The molecule has 0 bridgehead atoms. The van der Waals surface area contributed by atoms with Crippen LogP contribution >= 0.6 is 15.9 Å². The maximum absolute atomic E-state index is 13.8. The third-order valence-corrected chi connectivity index (χ3v) is 3.21. The summed E-state index contributed by atoms with van der Waals surface area (Å²) >= 11 is 2.98. The third-order valence-electron chi connectivity index (χ3n) is 2.75. The van der Waals surface area contributed by atoms with E-state index in [1.165, 1.54) is 12.1 Å². The number of carboxylic acid groups (broad SMARTS) is 1. The van der Waals surface area contributed by atoms with Crippen LogP contribution in [0.1, 0.15) is 23.0 Å². The summed E-state index contributed by atoms with van der Waals surface area (Å²) in [5.74, 6) is -2.66. The summed E-state index contributed by atoms with van der Waals surface area (Å²) in [5.41, 5.74) is 0.132. The SMILES string of the molecule is CCc1cc(C(=O)O)cc(Nc2c(F)cc(Br)cc2F)n1. The molecular formula is C14H11BrF2N2O2. The lowest BCUT2D eigenvalue weighted by molar-refractivity contribution is 0.0696. The van der Waals surface area contributed by atoms with E-state index in [0.717, 1.165) is 12.1 Å². The Morgan fingerprint density at radius 1 is 1.29 bits per heavy atom. The first-order chi connectivity index (χ1) is 9.90. The summed E-state index contributed by atoms with van der Waals surface area (Å²) in [6.45, 7) is 1.80. The number of aromatic carboxylic acids is 1. The number of halogens is 3. The smallest absolute Gasteiger partial charge is 0.335 e. The van der Waals surface area contributed by atoms with Crippen LogP contribution in [0.5, 0.6) is 0 Å². The molecule has 21 heavy (non-hydrogen) atoms. The van der Waals surface area contributed by atoms with Gasteiger partial charge in [0, 0.05) is 10.2 Å². The molecule has 0 aliphatic heterocycles. The van der Waals surface area contributed by atoms with Crippen molar-refractivity contribution in [3.05, 3.63) is 51.6 Å². The Kier molecular flexibility index (Phi) is 4.52. The first-order valence-electron chi connectivity index (χ1n) is 6.06. The molecule has 2 aromatic rings. The molecular weight excluding hydrogens is 346 g/mol. The zero-order valence-corrected chi connectivity index (χ0v) is 12.5. The van der Waals surface area contributed by atoms with Gasteiger partial charge in [-0.2, -0.15) is 0 Å². The minimum atomic E-state index is -1.13. The Bertz CT molecular complexity index is 684. The number of pyridine rings is 1. The average Bonchev–Trinajstić information content (AvgIpc) is 2.42. The quantitative estimate of drug-likeness (QED) is 0.864. The number of carboxylic acids is 1. The van der Waals surface area contributed by atoms with E-state index < -0.39 is 17.6 Å². The van der Waals surface area contributed by atoms with Gasteiger partial charge in [-0.3, -0.25) is 0 Å². The molecule has 7 heteroatoms. The van der Waals surface area contributed by atoms with Gasteiger partial charge in [0.05, 0.1) is 5.56 Å². The molecule has 1 heterocycles. The van der Waals surface area contributed by atoms with Gasteiger partial charge < -0.3 is 10.4 Å². The summed E-state index contributed by atoms with van der Waals surface area (Å²) in [6.07, 6.45) is 0.501. The van der Waals surface area contributed by atoms with Crippen molar-refractivity contribution in [3.8, 4) is 0 Å². The van der Waals surface area contributed by atoms with Gasteiger partial charge in [-0.1, -0.05) is 22.9 Å². The van der Waals surface area contributed by atoms with E-state index in [1.807, 2.05) is 0 Å². The van der Waals surface area contributed by atoms with Crippen molar-refractivity contribution in [3.63, 3.8) is 0 Å². The maximum atomic E-state index is 13.8. The Balaban J connectivity index is 2.44. The van der Waals surface area contributed by atoms with E-state index >= 15 is 0 Å². The van der Waals surface area contributed by atoms with E-state index in [9.17, 15) is 13.6 Å². The Labute approximate surface area is 128 Å². The summed E-state index contributed by atoms with van der Waals surface area (Å²) in [4.78, 5) is 15.2. The summed E-state index contributed by atoms with van der Waals surface area (Å²) in [6, 6.07) is 4.85. The highest BCUT2D eigenvalue weighted by molar-refractivity contribution is 9.10. The normalized spacial score (nSPS) is 10.5. The average molecular weight is 357 g/mol. The van der Waals surface area contributed by atoms with Gasteiger partial charge in [0.25, 0.3) is 0 Å². The summed E-state index contributed by atoms with van der Waals surface area (Å²) < 4.78 is 27.8. The molecule has 0 atom stereocenters. The number of nitrogens with zero attached hydrogens (tertiary/aromatic N) is 1. The van der Waals surface area contributed by atoms with Crippen molar-refractivity contribution >= 4 is 33.4 Å². The molecule has 0 aliphatic rings. The van der Waals surface area contributed by atoms with Gasteiger partial charge in [0.15, 0.2) is 11.6 Å². The fraction of sp³-hybridized carbons (Fsp3) is 0.143. The monoisotopic (exact) mass is 356 g/mol. The van der Waals surface area contributed by atoms with Gasteiger partial charge in [0.1, 0.15) is 11.5 Å². The molecule has 0 aliphatic carbocycles. The zero-order chi connectivity index (χ0) is 15.6. The minimum absolute atomic E-state index is 0.00211. The molecule has 0 fully saturated rings. The molecule has 1 aromatic heterocycles. The highest BCUT2D eigenvalue weighted by atomic mass is 79.9. The number of nitrogens with one attached hydrogen (secondary N) is 1. The Morgan fingerprint density at radius 2 is 1.90 bits per heavy atom. The van der Waals surface area contributed by atoms with Crippen LogP contribution in [0.25, 0.3) is 0 Å². The van der Waals surface area contributed by atoms with Crippen LogP contribution in [0.15, 0.2) is 28.7 Å². The van der Waals surface area contributed by atoms with Crippen molar-refractivity contribution in [2.45, 2.75) is 13.3 Å². The predicted octanol–water partition coefficient (Wildman–Crippen LogP) is 4.13. The van der Waals surface area contributed by atoms with Gasteiger partial charge in [-0.15, -0.1) is 0 Å². The van der Waals surface area contributed by atoms with Crippen molar-refractivity contribution < 1.29 is 18.7 Å². The fourth-order valence-corrected chi connectivity index (χ4v) is 2.15. The third kappa shape index (κ3) is 3.55. The van der Waals surface area contributed by atoms with Gasteiger partial charge in [0.2, 0.25) is 0 Å². The van der Waals surface area contributed by atoms with Crippen molar-refractivity contribution in [1.82, 2.24) is 4.98 Å². The molecule has 0 saturated carbocycles. The minimum Gasteiger partial charge on any atom is -0.478 e. The van der Waals surface area contributed by atoms with Crippen LogP contribution in [0.3, 0.4) is 0 Å². The largest absolute Gasteiger partial charge is 0.478 e. The molecule has 4 nitrogen and oxygen atoms in total. The number of benzene rings is 1. The first kappa shape index (κ1) is 15.4. The van der Waals surface area contributed by atoms with E-state index in [1.54, 1.807) is 6.92 Å². The van der Waals surface area contributed by atoms with Gasteiger partial charge >= 0.3 is 5.97 Å². The van der Waals surface area contributed by atoms with E-state index in [2.05, 4.69) is 26.2 Å². The van der Waals surface area contributed by atoms with E-state index in [4.69, 9.17) is 5.11 Å². The highest BCUT2D eigenvalue weighted by Gasteiger charge is 2.13. The molecule has 0 amide bonds.